The van der Waals surface area contributed by atoms with Crippen molar-refractivity contribution in [3.63, 3.8) is 0 Å². The van der Waals surface area contributed by atoms with Crippen LogP contribution in [0, 0.1) is 5.92 Å². The van der Waals surface area contributed by atoms with E-state index in [0.29, 0.717) is 27.3 Å². The van der Waals surface area contributed by atoms with Gasteiger partial charge in [-0.2, -0.15) is 0 Å². The lowest BCUT2D eigenvalue weighted by atomic mass is 10.2. The van der Waals surface area contributed by atoms with Crippen LogP contribution in [-0.2, 0) is 4.79 Å². The highest BCUT2D eigenvalue weighted by Gasteiger charge is 2.06. The molecular weight excluding hydrogens is 327 g/mol. The third-order valence-corrected chi connectivity index (χ3v) is 3.38. The van der Waals surface area contributed by atoms with E-state index >= 15 is 0 Å². The van der Waals surface area contributed by atoms with Crippen molar-refractivity contribution in [1.82, 2.24) is 0 Å². The summed E-state index contributed by atoms with van der Waals surface area (Å²) in [5.41, 5.74) is 0. The Hall–Kier alpha value is -1.91. The van der Waals surface area contributed by atoms with Crippen molar-refractivity contribution in [3.8, 4) is 17.2 Å². The Morgan fingerprint density at radius 2 is 1.77 bits per heavy atom. The smallest absolute Gasteiger partial charge is 0.146 e. The van der Waals surface area contributed by atoms with Crippen molar-refractivity contribution < 1.29 is 19.4 Å². The van der Waals surface area contributed by atoms with Crippen LogP contribution in [0.1, 0.15) is 6.92 Å². The molecule has 116 valence electrons. The van der Waals surface area contributed by atoms with Crippen molar-refractivity contribution in [2.24, 2.45) is 5.92 Å². The lowest BCUT2D eigenvalue weighted by Gasteiger charge is -2.14. The Balaban J connectivity index is 1.98. The minimum Gasteiger partial charge on any atom is -0.550 e. The van der Waals surface area contributed by atoms with Crippen molar-refractivity contribution in [2.75, 3.05) is 6.61 Å². The van der Waals surface area contributed by atoms with E-state index in [-0.39, 0.29) is 6.61 Å². The Labute approximate surface area is 138 Å². The molecule has 0 fully saturated rings. The second-order valence-corrected chi connectivity index (χ2v) is 5.52. The predicted octanol–water partition coefficient (Wildman–Crippen LogP) is 3.55. The van der Waals surface area contributed by atoms with E-state index in [1.54, 1.807) is 42.5 Å². The lowest BCUT2D eigenvalue weighted by molar-refractivity contribution is -0.311. The van der Waals surface area contributed by atoms with Crippen LogP contribution in [0.15, 0.2) is 42.5 Å². The maximum absolute atomic E-state index is 10.6. The molecule has 6 heteroatoms. The SMILES string of the molecule is CC(COc1ccc(Oc2ccc(Cl)cc2Cl)cc1)C(=O)[O-]. The van der Waals surface area contributed by atoms with Gasteiger partial charge in [0, 0.05) is 16.9 Å². The summed E-state index contributed by atoms with van der Waals surface area (Å²) in [6.45, 7) is 1.57. The molecule has 4 nitrogen and oxygen atoms in total. The molecule has 22 heavy (non-hydrogen) atoms. The van der Waals surface area contributed by atoms with Gasteiger partial charge >= 0.3 is 0 Å². The average molecular weight is 340 g/mol. The first-order valence-corrected chi connectivity index (χ1v) is 7.28. The largest absolute Gasteiger partial charge is 0.550 e. The number of carbonyl (C=O) groups is 1. The summed E-state index contributed by atoms with van der Waals surface area (Å²) in [6, 6.07) is 11.7. The molecule has 2 rings (SSSR count). The molecule has 0 aliphatic rings. The monoisotopic (exact) mass is 339 g/mol. The molecule has 0 saturated carbocycles. The van der Waals surface area contributed by atoms with Crippen LogP contribution in [0.5, 0.6) is 17.2 Å². The molecule has 2 aromatic rings. The van der Waals surface area contributed by atoms with Crippen molar-refractivity contribution in [2.45, 2.75) is 6.92 Å². The van der Waals surface area contributed by atoms with Crippen LogP contribution in [0.25, 0.3) is 0 Å². The minimum atomic E-state index is -1.14. The standard InChI is InChI=1S/C16H14Cl2O4/c1-10(16(19)20)9-21-12-3-5-13(6-4-12)22-15-7-2-11(17)8-14(15)18/h2-8,10H,9H2,1H3,(H,19,20)/p-1. The fraction of sp³-hybridized carbons (Fsp3) is 0.188. The van der Waals surface area contributed by atoms with Gasteiger partial charge < -0.3 is 19.4 Å². The van der Waals surface area contributed by atoms with Crippen LogP contribution >= 0.6 is 23.2 Å². The van der Waals surface area contributed by atoms with Gasteiger partial charge in [0.05, 0.1) is 11.6 Å². The number of carbonyl (C=O) groups excluding carboxylic acids is 1. The highest BCUT2D eigenvalue weighted by molar-refractivity contribution is 6.35. The Kier molecular flexibility index (Phi) is 5.52. The molecule has 1 unspecified atom stereocenters. The van der Waals surface area contributed by atoms with Crippen LogP contribution < -0.4 is 14.6 Å². The topological polar surface area (TPSA) is 58.6 Å². The summed E-state index contributed by atoms with van der Waals surface area (Å²) >= 11 is 11.8. The zero-order valence-electron chi connectivity index (χ0n) is 11.7. The molecule has 0 radical (unpaired) electrons. The number of hydrogen-bond donors (Lipinski definition) is 0. The summed E-state index contributed by atoms with van der Waals surface area (Å²) in [5, 5.41) is 11.5. The van der Waals surface area contributed by atoms with Crippen molar-refractivity contribution in [1.29, 1.82) is 0 Å². The molecule has 0 spiro atoms. The molecule has 2 aromatic carbocycles. The van der Waals surface area contributed by atoms with Gasteiger partial charge in [0.25, 0.3) is 0 Å². The van der Waals surface area contributed by atoms with Gasteiger partial charge in [-0.15, -0.1) is 0 Å². The van der Waals surface area contributed by atoms with E-state index in [1.165, 1.54) is 6.92 Å². The van der Waals surface area contributed by atoms with Gasteiger partial charge in [0.1, 0.15) is 17.2 Å². The number of ether oxygens (including phenoxy) is 2. The summed E-state index contributed by atoms with van der Waals surface area (Å²) in [5.74, 6) is -0.210. The highest BCUT2D eigenvalue weighted by Crippen LogP contribution is 2.32. The van der Waals surface area contributed by atoms with Gasteiger partial charge in [0.15, 0.2) is 0 Å². The van der Waals surface area contributed by atoms with E-state index in [4.69, 9.17) is 32.7 Å². The Morgan fingerprint density at radius 1 is 1.14 bits per heavy atom. The second kappa shape index (κ2) is 7.38. The highest BCUT2D eigenvalue weighted by atomic mass is 35.5. The number of hydrogen-bond acceptors (Lipinski definition) is 4. The van der Waals surface area contributed by atoms with E-state index < -0.39 is 11.9 Å². The molecule has 0 amide bonds. The van der Waals surface area contributed by atoms with E-state index in [9.17, 15) is 9.90 Å². The first kappa shape index (κ1) is 16.5. The van der Waals surface area contributed by atoms with Gasteiger partial charge in [-0.05, 0) is 42.5 Å². The van der Waals surface area contributed by atoms with Crippen LogP contribution in [-0.4, -0.2) is 12.6 Å². The molecule has 0 N–H and O–H groups in total. The number of aliphatic carboxylic acids is 1. The first-order valence-electron chi connectivity index (χ1n) is 6.52. The van der Waals surface area contributed by atoms with Gasteiger partial charge in [-0.1, -0.05) is 30.1 Å². The van der Waals surface area contributed by atoms with Crippen molar-refractivity contribution >= 4 is 29.2 Å². The van der Waals surface area contributed by atoms with Crippen LogP contribution in [0.3, 0.4) is 0 Å². The van der Waals surface area contributed by atoms with E-state index in [0.717, 1.165) is 0 Å². The fourth-order valence-electron chi connectivity index (χ4n) is 1.58. The number of benzene rings is 2. The fourth-order valence-corrected chi connectivity index (χ4v) is 2.03. The van der Waals surface area contributed by atoms with E-state index in [2.05, 4.69) is 0 Å². The molecule has 0 heterocycles. The quantitative estimate of drug-likeness (QED) is 0.807. The molecule has 1 atom stereocenters. The van der Waals surface area contributed by atoms with Crippen LogP contribution in [0.4, 0.5) is 0 Å². The number of carboxylic acids is 1. The van der Waals surface area contributed by atoms with E-state index in [1.807, 2.05) is 0 Å². The summed E-state index contributed by atoms with van der Waals surface area (Å²) in [7, 11) is 0. The van der Waals surface area contributed by atoms with Gasteiger partial charge in [-0.3, -0.25) is 0 Å². The number of carboxylic acid groups (broad SMARTS) is 1. The number of rotatable bonds is 6. The summed E-state index contributed by atoms with van der Waals surface area (Å²) in [4.78, 5) is 10.6. The van der Waals surface area contributed by atoms with Gasteiger partial charge in [-0.25, -0.2) is 0 Å². The third-order valence-electron chi connectivity index (χ3n) is 2.85. The number of halogens is 2. The Bertz CT molecular complexity index is 656. The molecule has 0 aromatic heterocycles. The molecule has 0 saturated heterocycles. The summed E-state index contributed by atoms with van der Waals surface area (Å²) in [6.07, 6.45) is 0. The summed E-state index contributed by atoms with van der Waals surface area (Å²) < 4.78 is 11.0. The normalized spacial score (nSPS) is 11.8. The third kappa shape index (κ3) is 4.55. The molecule has 0 aliphatic carbocycles. The maximum atomic E-state index is 10.6. The lowest BCUT2D eigenvalue weighted by Crippen LogP contribution is -2.32. The Morgan fingerprint density at radius 3 is 2.36 bits per heavy atom. The minimum absolute atomic E-state index is 0.0472. The molecular formula is C16H13Cl2O4-. The average Bonchev–Trinajstić information content (AvgIpc) is 2.49. The second-order valence-electron chi connectivity index (χ2n) is 4.68. The zero-order chi connectivity index (χ0) is 16.1. The predicted molar refractivity (Wildman–Crippen MR) is 82.6 cm³/mol. The maximum Gasteiger partial charge on any atom is 0.146 e. The molecule has 0 aliphatic heterocycles. The first-order chi connectivity index (χ1) is 10.5. The molecule has 0 bridgehead atoms. The zero-order valence-corrected chi connectivity index (χ0v) is 13.2. The van der Waals surface area contributed by atoms with Crippen LogP contribution in [0.2, 0.25) is 10.0 Å². The van der Waals surface area contributed by atoms with Gasteiger partial charge in [0.2, 0.25) is 0 Å². The van der Waals surface area contributed by atoms with Crippen molar-refractivity contribution in [3.05, 3.63) is 52.5 Å².